The Labute approximate surface area is 140 Å². The summed E-state index contributed by atoms with van der Waals surface area (Å²) >= 11 is 0. The van der Waals surface area contributed by atoms with Gasteiger partial charge >= 0.3 is 0 Å². The van der Waals surface area contributed by atoms with Crippen LogP contribution < -0.4 is 14.8 Å². The van der Waals surface area contributed by atoms with E-state index in [1.807, 2.05) is 18.2 Å². The molecule has 0 aliphatic rings. The highest BCUT2D eigenvalue weighted by Gasteiger charge is 2.09. The topological polar surface area (TPSA) is 33.7 Å². The van der Waals surface area contributed by atoms with E-state index >= 15 is 0 Å². The standard InChI is InChI=1S/C15H22N2O2.2ClH/c1-5-11-19-15-13(7-6-8-14(15)18-4)12-16-9-10-17(2)3;;/h1,6-8,16H,9-12H2,2-4H3;2*1H. The van der Waals surface area contributed by atoms with Gasteiger partial charge in [-0.25, -0.2) is 0 Å². The maximum absolute atomic E-state index is 5.57. The fraction of sp³-hybridized carbons (Fsp3) is 0.467. The van der Waals surface area contributed by atoms with Gasteiger partial charge in [-0.05, 0) is 20.2 Å². The Hall–Kier alpha value is -1.12. The molecule has 0 saturated carbocycles. The van der Waals surface area contributed by atoms with Gasteiger partial charge in [-0.1, -0.05) is 18.1 Å². The molecular formula is C15H24Cl2N2O2. The second kappa shape index (κ2) is 12.6. The summed E-state index contributed by atoms with van der Waals surface area (Å²) < 4.78 is 10.9. The van der Waals surface area contributed by atoms with Gasteiger partial charge in [-0.15, -0.1) is 31.2 Å². The summed E-state index contributed by atoms with van der Waals surface area (Å²) in [7, 11) is 5.73. The number of para-hydroxylation sites is 1. The smallest absolute Gasteiger partial charge is 0.167 e. The number of methoxy groups -OCH3 is 1. The summed E-state index contributed by atoms with van der Waals surface area (Å²) in [6.45, 7) is 2.87. The summed E-state index contributed by atoms with van der Waals surface area (Å²) in [5.74, 6) is 3.90. The highest BCUT2D eigenvalue weighted by atomic mass is 35.5. The monoisotopic (exact) mass is 334 g/mol. The summed E-state index contributed by atoms with van der Waals surface area (Å²) in [4.78, 5) is 2.13. The number of ether oxygens (including phenoxy) is 2. The molecule has 0 heterocycles. The van der Waals surface area contributed by atoms with Crippen LogP contribution in [0.2, 0.25) is 0 Å². The highest BCUT2D eigenvalue weighted by molar-refractivity contribution is 5.85. The molecule has 0 aliphatic carbocycles. The SMILES string of the molecule is C#CCOc1c(CNCCN(C)C)cccc1OC.Cl.Cl. The zero-order chi connectivity index (χ0) is 14.1. The second-order valence-electron chi connectivity index (χ2n) is 4.42. The van der Waals surface area contributed by atoms with Crippen molar-refractivity contribution >= 4 is 24.8 Å². The average molecular weight is 335 g/mol. The minimum atomic E-state index is 0. The van der Waals surface area contributed by atoms with Crippen molar-refractivity contribution in [3.63, 3.8) is 0 Å². The van der Waals surface area contributed by atoms with Crippen molar-refractivity contribution in [3.8, 4) is 23.8 Å². The molecule has 0 saturated heterocycles. The van der Waals surface area contributed by atoms with Crippen LogP contribution in [0.3, 0.4) is 0 Å². The second-order valence-corrected chi connectivity index (χ2v) is 4.42. The van der Waals surface area contributed by atoms with E-state index in [9.17, 15) is 0 Å². The Kier molecular flexibility index (Phi) is 13.3. The average Bonchev–Trinajstić information content (AvgIpc) is 2.41. The number of hydrogen-bond donors (Lipinski definition) is 1. The van der Waals surface area contributed by atoms with E-state index in [0.717, 1.165) is 30.9 Å². The molecule has 1 aromatic rings. The molecule has 4 nitrogen and oxygen atoms in total. The molecule has 0 spiro atoms. The molecule has 0 fully saturated rings. The number of halogens is 2. The van der Waals surface area contributed by atoms with Gasteiger partial charge in [-0.2, -0.15) is 0 Å². The lowest BCUT2D eigenvalue weighted by Crippen LogP contribution is -2.26. The quantitative estimate of drug-likeness (QED) is 0.583. The lowest BCUT2D eigenvalue weighted by molar-refractivity contribution is 0.326. The molecule has 0 atom stereocenters. The third-order valence-electron chi connectivity index (χ3n) is 2.63. The van der Waals surface area contributed by atoms with Gasteiger partial charge in [0.2, 0.25) is 0 Å². The van der Waals surface area contributed by atoms with Crippen molar-refractivity contribution in [2.45, 2.75) is 6.54 Å². The van der Waals surface area contributed by atoms with Crippen LogP contribution in [0.1, 0.15) is 5.56 Å². The highest BCUT2D eigenvalue weighted by Crippen LogP contribution is 2.30. The van der Waals surface area contributed by atoms with Gasteiger partial charge in [0.15, 0.2) is 11.5 Å². The summed E-state index contributed by atoms with van der Waals surface area (Å²) in [5.41, 5.74) is 1.05. The molecule has 0 aromatic heterocycles. The Morgan fingerprint density at radius 1 is 1.29 bits per heavy atom. The van der Waals surface area contributed by atoms with Gasteiger partial charge in [0.05, 0.1) is 7.11 Å². The molecule has 0 radical (unpaired) electrons. The Morgan fingerprint density at radius 2 is 2.00 bits per heavy atom. The number of hydrogen-bond acceptors (Lipinski definition) is 4. The minimum absolute atomic E-state index is 0. The predicted molar refractivity (Wildman–Crippen MR) is 92.1 cm³/mol. The normalized spacial score (nSPS) is 9.29. The maximum atomic E-state index is 5.57. The lowest BCUT2D eigenvalue weighted by atomic mass is 10.2. The van der Waals surface area contributed by atoms with Gasteiger partial charge in [0, 0.05) is 25.2 Å². The first-order valence-electron chi connectivity index (χ1n) is 6.26. The Morgan fingerprint density at radius 3 is 2.57 bits per heavy atom. The third-order valence-corrected chi connectivity index (χ3v) is 2.63. The molecule has 0 bridgehead atoms. The third kappa shape index (κ3) is 8.03. The van der Waals surface area contributed by atoms with Crippen LogP contribution in [-0.2, 0) is 6.54 Å². The van der Waals surface area contributed by atoms with Gasteiger partial charge in [-0.3, -0.25) is 0 Å². The van der Waals surface area contributed by atoms with Crippen LogP contribution in [0, 0.1) is 12.3 Å². The summed E-state index contributed by atoms with van der Waals surface area (Å²) in [6.07, 6.45) is 5.24. The number of rotatable bonds is 8. The van der Waals surface area contributed by atoms with Crippen molar-refractivity contribution in [3.05, 3.63) is 23.8 Å². The van der Waals surface area contributed by atoms with Crippen LogP contribution in [0.15, 0.2) is 18.2 Å². The van der Waals surface area contributed by atoms with E-state index in [1.165, 1.54) is 0 Å². The minimum Gasteiger partial charge on any atom is -0.493 e. The van der Waals surface area contributed by atoms with E-state index < -0.39 is 0 Å². The maximum Gasteiger partial charge on any atom is 0.167 e. The molecule has 0 unspecified atom stereocenters. The molecule has 1 rings (SSSR count). The van der Waals surface area contributed by atoms with Crippen molar-refractivity contribution in [2.24, 2.45) is 0 Å². The van der Waals surface area contributed by atoms with E-state index in [4.69, 9.17) is 15.9 Å². The van der Waals surface area contributed by atoms with Crippen LogP contribution >= 0.6 is 24.8 Å². The largest absolute Gasteiger partial charge is 0.493 e. The molecule has 120 valence electrons. The van der Waals surface area contributed by atoms with Crippen LogP contribution in [0.25, 0.3) is 0 Å². The molecule has 0 aliphatic heterocycles. The van der Waals surface area contributed by atoms with Crippen LogP contribution in [-0.4, -0.2) is 45.8 Å². The fourth-order valence-corrected chi connectivity index (χ4v) is 1.66. The van der Waals surface area contributed by atoms with Gasteiger partial charge < -0.3 is 19.7 Å². The predicted octanol–water partition coefficient (Wildman–Crippen LogP) is 2.20. The number of terminal acetylenes is 1. The molecule has 1 N–H and O–H groups in total. The van der Waals surface area contributed by atoms with Crippen LogP contribution in [0.5, 0.6) is 11.5 Å². The Bertz CT molecular complexity index is 434. The zero-order valence-electron chi connectivity index (χ0n) is 12.7. The zero-order valence-corrected chi connectivity index (χ0v) is 14.4. The van der Waals surface area contributed by atoms with Crippen molar-refractivity contribution in [2.75, 3.05) is 40.9 Å². The van der Waals surface area contributed by atoms with Crippen molar-refractivity contribution in [1.29, 1.82) is 0 Å². The molecule has 1 aromatic carbocycles. The Balaban J connectivity index is 0. The first-order chi connectivity index (χ1) is 9.19. The van der Waals surface area contributed by atoms with E-state index in [1.54, 1.807) is 7.11 Å². The van der Waals surface area contributed by atoms with E-state index in [0.29, 0.717) is 5.75 Å². The lowest BCUT2D eigenvalue weighted by Gasteiger charge is -2.15. The first-order valence-corrected chi connectivity index (χ1v) is 6.26. The van der Waals surface area contributed by atoms with E-state index in [-0.39, 0.29) is 31.4 Å². The van der Waals surface area contributed by atoms with E-state index in [2.05, 4.69) is 30.2 Å². The summed E-state index contributed by atoms with van der Waals surface area (Å²) in [6, 6.07) is 5.83. The molecule has 0 amide bonds. The fourth-order valence-electron chi connectivity index (χ4n) is 1.66. The molecule has 6 heteroatoms. The van der Waals surface area contributed by atoms with Crippen molar-refractivity contribution in [1.82, 2.24) is 10.2 Å². The number of benzene rings is 1. The van der Waals surface area contributed by atoms with Gasteiger partial charge in [0.1, 0.15) is 6.61 Å². The van der Waals surface area contributed by atoms with Crippen LogP contribution in [0.4, 0.5) is 0 Å². The number of nitrogens with zero attached hydrogens (tertiary/aromatic N) is 1. The molecule has 21 heavy (non-hydrogen) atoms. The first kappa shape index (κ1) is 22.2. The number of nitrogens with one attached hydrogen (secondary N) is 1. The van der Waals surface area contributed by atoms with Gasteiger partial charge in [0.25, 0.3) is 0 Å². The van der Waals surface area contributed by atoms with Crippen molar-refractivity contribution < 1.29 is 9.47 Å². The summed E-state index contributed by atoms with van der Waals surface area (Å²) in [5, 5.41) is 3.37. The molecular weight excluding hydrogens is 311 g/mol. The number of likely N-dealkylation sites (N-methyl/N-ethyl adjacent to an activating group) is 1.